The molecule has 0 unspecified atom stereocenters. The summed E-state index contributed by atoms with van der Waals surface area (Å²) in [5.41, 5.74) is -0.0941. The van der Waals surface area contributed by atoms with Crippen LogP contribution in [0.3, 0.4) is 0 Å². The minimum absolute atomic E-state index is 0.00619. The molecule has 0 spiro atoms. The van der Waals surface area contributed by atoms with Gasteiger partial charge in [0.15, 0.2) is 6.61 Å². The van der Waals surface area contributed by atoms with Crippen LogP contribution in [0, 0.1) is 5.82 Å². The first kappa shape index (κ1) is 21.3. The van der Waals surface area contributed by atoms with Crippen LogP contribution in [0.15, 0.2) is 12.3 Å². The van der Waals surface area contributed by atoms with Gasteiger partial charge in [-0.1, -0.05) is 0 Å². The third-order valence-electron chi connectivity index (χ3n) is 4.95. The molecule has 2 N–H and O–H groups in total. The standard InChI is InChI=1S/C20H29FN4O4/c1-20(2,3)29-19(27)23-9-8-22-14-4-6-15(7-5-14)25-16-10-13(21)11-24-18(16)28-12-17(25)26/h10-11,14-15,22H,4-9,12H2,1-3H3,(H,23,27). The number of ether oxygens (including phenoxy) is 2. The third kappa shape index (κ3) is 5.79. The van der Waals surface area contributed by atoms with Crippen LogP contribution in [0.25, 0.3) is 0 Å². The van der Waals surface area contributed by atoms with Gasteiger partial charge in [-0.2, -0.15) is 0 Å². The van der Waals surface area contributed by atoms with Gasteiger partial charge in [-0.3, -0.25) is 4.79 Å². The molecule has 0 bridgehead atoms. The van der Waals surface area contributed by atoms with E-state index >= 15 is 0 Å². The van der Waals surface area contributed by atoms with Crippen molar-refractivity contribution < 1.29 is 23.5 Å². The first-order chi connectivity index (χ1) is 13.7. The van der Waals surface area contributed by atoms with E-state index in [-0.39, 0.29) is 18.6 Å². The zero-order chi connectivity index (χ0) is 21.0. The Hall–Kier alpha value is -2.42. The normalized spacial score (nSPS) is 21.9. The van der Waals surface area contributed by atoms with Gasteiger partial charge in [0.2, 0.25) is 5.88 Å². The minimum Gasteiger partial charge on any atom is -0.466 e. The summed E-state index contributed by atoms with van der Waals surface area (Å²) in [6, 6.07) is 1.63. The van der Waals surface area contributed by atoms with Crippen molar-refractivity contribution in [1.29, 1.82) is 0 Å². The van der Waals surface area contributed by atoms with E-state index in [0.29, 0.717) is 30.7 Å². The molecule has 2 aliphatic rings. The van der Waals surface area contributed by atoms with Crippen LogP contribution in [0.4, 0.5) is 14.9 Å². The summed E-state index contributed by atoms with van der Waals surface area (Å²) in [7, 11) is 0. The Bertz CT molecular complexity index is 744. The van der Waals surface area contributed by atoms with Crippen molar-refractivity contribution in [2.24, 2.45) is 0 Å². The van der Waals surface area contributed by atoms with Crippen LogP contribution in [-0.2, 0) is 9.53 Å². The van der Waals surface area contributed by atoms with E-state index in [2.05, 4.69) is 15.6 Å². The molecule has 2 heterocycles. The lowest BCUT2D eigenvalue weighted by Crippen LogP contribution is -2.49. The summed E-state index contributed by atoms with van der Waals surface area (Å²) >= 11 is 0. The van der Waals surface area contributed by atoms with E-state index in [9.17, 15) is 14.0 Å². The monoisotopic (exact) mass is 408 g/mol. The molecule has 1 aliphatic carbocycles. The molecule has 0 saturated heterocycles. The van der Waals surface area contributed by atoms with Crippen molar-refractivity contribution in [3.8, 4) is 5.88 Å². The summed E-state index contributed by atoms with van der Waals surface area (Å²) in [5, 5.41) is 6.16. The van der Waals surface area contributed by atoms with Gasteiger partial charge in [0, 0.05) is 31.2 Å². The molecule has 8 nitrogen and oxygen atoms in total. The van der Waals surface area contributed by atoms with Gasteiger partial charge < -0.3 is 25.0 Å². The van der Waals surface area contributed by atoms with Crippen LogP contribution in [0.5, 0.6) is 5.88 Å². The van der Waals surface area contributed by atoms with E-state index in [1.54, 1.807) is 4.90 Å². The smallest absolute Gasteiger partial charge is 0.407 e. The molecular formula is C20H29FN4O4. The maximum absolute atomic E-state index is 13.6. The van der Waals surface area contributed by atoms with Crippen LogP contribution < -0.4 is 20.3 Å². The predicted octanol–water partition coefficient (Wildman–Crippen LogP) is 2.37. The maximum atomic E-state index is 13.6. The molecule has 3 rings (SSSR count). The van der Waals surface area contributed by atoms with Crippen molar-refractivity contribution in [1.82, 2.24) is 15.6 Å². The van der Waals surface area contributed by atoms with Crippen molar-refractivity contribution in [2.45, 2.75) is 64.1 Å². The Kier molecular flexibility index (Phi) is 6.56. The van der Waals surface area contributed by atoms with Gasteiger partial charge in [-0.25, -0.2) is 14.2 Å². The number of carbonyl (C=O) groups is 2. The zero-order valence-electron chi connectivity index (χ0n) is 17.2. The quantitative estimate of drug-likeness (QED) is 0.727. The number of hydrogen-bond acceptors (Lipinski definition) is 6. The number of alkyl carbamates (subject to hydrolysis) is 1. The van der Waals surface area contributed by atoms with Crippen LogP contribution in [0.2, 0.25) is 0 Å². The number of nitrogens with one attached hydrogen (secondary N) is 2. The van der Waals surface area contributed by atoms with Crippen molar-refractivity contribution in [2.75, 3.05) is 24.6 Å². The molecular weight excluding hydrogens is 379 g/mol. The van der Waals surface area contributed by atoms with E-state index < -0.39 is 17.5 Å². The van der Waals surface area contributed by atoms with Gasteiger partial charge in [0.05, 0.1) is 6.20 Å². The van der Waals surface area contributed by atoms with Gasteiger partial charge in [0.1, 0.15) is 17.1 Å². The number of rotatable bonds is 5. The summed E-state index contributed by atoms with van der Waals surface area (Å²) in [5.74, 6) is -0.345. The average molecular weight is 408 g/mol. The average Bonchev–Trinajstić information content (AvgIpc) is 2.64. The van der Waals surface area contributed by atoms with E-state index in [0.717, 1.165) is 31.9 Å². The van der Waals surface area contributed by atoms with Gasteiger partial charge in [0.25, 0.3) is 5.91 Å². The second kappa shape index (κ2) is 8.94. The molecule has 1 aliphatic heterocycles. The van der Waals surface area contributed by atoms with Crippen LogP contribution >= 0.6 is 0 Å². The SMILES string of the molecule is CC(C)(C)OC(=O)NCCNC1CCC(N2C(=O)COc3ncc(F)cc32)CC1. The highest BCUT2D eigenvalue weighted by Crippen LogP contribution is 2.35. The Labute approximate surface area is 170 Å². The highest BCUT2D eigenvalue weighted by atomic mass is 19.1. The van der Waals surface area contributed by atoms with Crippen LogP contribution in [-0.4, -0.2) is 54.4 Å². The van der Waals surface area contributed by atoms with Gasteiger partial charge in [-0.15, -0.1) is 0 Å². The second-order valence-electron chi connectivity index (χ2n) is 8.42. The molecule has 0 atom stereocenters. The number of hydrogen-bond donors (Lipinski definition) is 2. The topological polar surface area (TPSA) is 92.8 Å². The first-order valence-corrected chi connectivity index (χ1v) is 10.0. The summed E-state index contributed by atoms with van der Waals surface area (Å²) < 4.78 is 24.2. The molecule has 29 heavy (non-hydrogen) atoms. The first-order valence-electron chi connectivity index (χ1n) is 10.0. The highest BCUT2D eigenvalue weighted by molar-refractivity contribution is 5.97. The number of anilines is 1. The number of nitrogens with zero attached hydrogens (tertiary/aromatic N) is 2. The molecule has 160 valence electrons. The maximum Gasteiger partial charge on any atom is 0.407 e. The summed E-state index contributed by atoms with van der Waals surface area (Å²) in [6.45, 7) is 6.53. The lowest BCUT2D eigenvalue weighted by Gasteiger charge is -2.39. The fraction of sp³-hybridized carbons (Fsp3) is 0.650. The lowest BCUT2D eigenvalue weighted by molar-refractivity contribution is -0.122. The molecule has 0 aromatic carbocycles. The number of halogens is 1. The van der Waals surface area contributed by atoms with E-state index in [1.807, 2.05) is 20.8 Å². The number of pyridine rings is 1. The second-order valence-corrected chi connectivity index (χ2v) is 8.42. The largest absolute Gasteiger partial charge is 0.466 e. The lowest BCUT2D eigenvalue weighted by atomic mass is 9.89. The number of fused-ring (bicyclic) bond motifs is 1. The third-order valence-corrected chi connectivity index (χ3v) is 4.95. The number of aromatic nitrogens is 1. The Morgan fingerprint density at radius 3 is 2.72 bits per heavy atom. The number of carbonyl (C=O) groups excluding carboxylic acids is 2. The summed E-state index contributed by atoms with van der Waals surface area (Å²) in [6.07, 6.45) is 4.06. The Morgan fingerprint density at radius 1 is 1.31 bits per heavy atom. The molecule has 9 heteroatoms. The molecule has 2 amide bonds. The fourth-order valence-corrected chi connectivity index (χ4v) is 3.73. The summed E-state index contributed by atoms with van der Waals surface area (Å²) in [4.78, 5) is 29.6. The van der Waals surface area contributed by atoms with Crippen molar-refractivity contribution >= 4 is 17.7 Å². The molecule has 1 saturated carbocycles. The Morgan fingerprint density at radius 2 is 2.03 bits per heavy atom. The van der Waals surface area contributed by atoms with Gasteiger partial charge in [-0.05, 0) is 46.5 Å². The van der Waals surface area contributed by atoms with Gasteiger partial charge >= 0.3 is 6.09 Å². The molecule has 0 radical (unpaired) electrons. The Balaban J connectivity index is 1.45. The number of amides is 2. The predicted molar refractivity (Wildman–Crippen MR) is 105 cm³/mol. The van der Waals surface area contributed by atoms with E-state index in [1.165, 1.54) is 6.07 Å². The zero-order valence-corrected chi connectivity index (χ0v) is 17.2. The van der Waals surface area contributed by atoms with Crippen molar-refractivity contribution in [3.05, 3.63) is 18.1 Å². The van der Waals surface area contributed by atoms with E-state index in [4.69, 9.17) is 9.47 Å². The minimum atomic E-state index is -0.510. The van der Waals surface area contributed by atoms with Crippen molar-refractivity contribution in [3.63, 3.8) is 0 Å². The fourth-order valence-electron chi connectivity index (χ4n) is 3.73. The van der Waals surface area contributed by atoms with Crippen LogP contribution in [0.1, 0.15) is 46.5 Å². The molecule has 1 aromatic rings. The molecule has 1 fully saturated rings. The highest BCUT2D eigenvalue weighted by Gasteiger charge is 2.35. The molecule has 1 aromatic heterocycles.